The van der Waals surface area contributed by atoms with Gasteiger partial charge in [-0.1, -0.05) is 55.1 Å². The number of benzene rings is 2. The quantitative estimate of drug-likeness (QED) is 0.449. The summed E-state index contributed by atoms with van der Waals surface area (Å²) in [6.45, 7) is 3.34. The van der Waals surface area contributed by atoms with Crippen LogP contribution in [-0.2, 0) is 32.1 Å². The molecule has 1 unspecified atom stereocenters. The van der Waals surface area contributed by atoms with Gasteiger partial charge in [-0.15, -0.1) is 0 Å². The Bertz CT molecular complexity index is 952. The molecule has 0 aromatic heterocycles. The summed E-state index contributed by atoms with van der Waals surface area (Å²) in [5, 5.41) is 11.2. The Morgan fingerprint density at radius 3 is 2.62 bits per heavy atom. The maximum absolute atomic E-state index is 12.2. The number of carbonyl (C=O) groups excluding carboxylic acids is 2. The van der Waals surface area contributed by atoms with Gasteiger partial charge in [0.25, 0.3) is 0 Å². The van der Waals surface area contributed by atoms with Gasteiger partial charge in [-0.05, 0) is 34.2 Å². The summed E-state index contributed by atoms with van der Waals surface area (Å²) in [6, 6.07) is 12.6. The van der Waals surface area contributed by atoms with Crippen LogP contribution >= 0.6 is 0 Å². The maximum Gasteiger partial charge on any atom is 0.408 e. The predicted molar refractivity (Wildman–Crippen MR) is 105 cm³/mol. The van der Waals surface area contributed by atoms with Crippen molar-refractivity contribution in [2.24, 2.45) is 0 Å². The van der Waals surface area contributed by atoms with E-state index in [-0.39, 0.29) is 13.2 Å². The Morgan fingerprint density at radius 2 is 1.86 bits per heavy atom. The molecular formula is C22H21NO6. The van der Waals surface area contributed by atoms with Gasteiger partial charge in [0.15, 0.2) is 0 Å². The zero-order valence-corrected chi connectivity index (χ0v) is 15.7. The molecule has 7 heteroatoms. The van der Waals surface area contributed by atoms with Gasteiger partial charge in [-0.3, -0.25) is 4.79 Å². The fourth-order valence-electron chi connectivity index (χ4n) is 3.30. The first-order valence-corrected chi connectivity index (χ1v) is 9.11. The minimum absolute atomic E-state index is 0.00446. The molecule has 3 rings (SSSR count). The molecule has 1 amide bonds. The number of esters is 1. The lowest BCUT2D eigenvalue weighted by molar-refractivity contribution is -0.149. The zero-order chi connectivity index (χ0) is 20.8. The molecule has 0 bridgehead atoms. The van der Waals surface area contributed by atoms with Gasteiger partial charge < -0.3 is 19.9 Å². The van der Waals surface area contributed by atoms with Crippen molar-refractivity contribution in [2.45, 2.75) is 25.5 Å². The Morgan fingerprint density at radius 1 is 1.10 bits per heavy atom. The molecule has 2 N–H and O–H groups in total. The third kappa shape index (κ3) is 4.82. The van der Waals surface area contributed by atoms with Gasteiger partial charge in [0.2, 0.25) is 0 Å². The third-order valence-corrected chi connectivity index (χ3v) is 4.61. The smallest absolute Gasteiger partial charge is 0.408 e. The first-order valence-electron chi connectivity index (χ1n) is 9.11. The van der Waals surface area contributed by atoms with Gasteiger partial charge >= 0.3 is 18.0 Å². The van der Waals surface area contributed by atoms with Crippen LogP contribution in [0.3, 0.4) is 0 Å². The van der Waals surface area contributed by atoms with Crippen molar-refractivity contribution in [3.05, 3.63) is 71.8 Å². The molecule has 0 saturated heterocycles. The highest BCUT2D eigenvalue weighted by atomic mass is 16.6. The molecule has 0 heterocycles. The lowest BCUT2D eigenvalue weighted by Gasteiger charge is -2.16. The highest BCUT2D eigenvalue weighted by molar-refractivity contribution is 5.85. The summed E-state index contributed by atoms with van der Waals surface area (Å²) < 4.78 is 10.1. The second kappa shape index (κ2) is 9.05. The molecule has 7 nitrogen and oxygen atoms in total. The number of ether oxygens (including phenoxy) is 2. The Balaban J connectivity index is 1.64. The van der Waals surface area contributed by atoms with Crippen LogP contribution in [0.25, 0.3) is 11.1 Å². The summed E-state index contributed by atoms with van der Waals surface area (Å²) in [5.74, 6) is -2.11. The van der Waals surface area contributed by atoms with Crippen molar-refractivity contribution in [1.82, 2.24) is 5.32 Å². The number of alkyl carbamates (subject to hydrolysis) is 1. The number of carboxylic acids is 1. The molecule has 0 spiro atoms. The Labute approximate surface area is 167 Å². The minimum Gasteiger partial charge on any atom is -0.481 e. The second-order valence-corrected chi connectivity index (χ2v) is 6.57. The highest BCUT2D eigenvalue weighted by Gasteiger charge is 2.26. The van der Waals surface area contributed by atoms with E-state index in [0.29, 0.717) is 0 Å². The van der Waals surface area contributed by atoms with E-state index in [1.54, 1.807) is 0 Å². The molecule has 29 heavy (non-hydrogen) atoms. The SMILES string of the molecule is C=CCOC(=O)C(CC(=O)O)NC(=O)OCc1cccc2c1Cc1ccccc1-2. The van der Waals surface area contributed by atoms with E-state index in [4.69, 9.17) is 14.6 Å². The fraction of sp³-hybridized carbons (Fsp3) is 0.227. The van der Waals surface area contributed by atoms with E-state index in [1.165, 1.54) is 17.2 Å². The molecule has 150 valence electrons. The molecule has 1 aliphatic rings. The summed E-state index contributed by atoms with van der Waals surface area (Å²) in [4.78, 5) is 35.0. The number of hydrogen-bond acceptors (Lipinski definition) is 5. The van der Waals surface area contributed by atoms with Crippen molar-refractivity contribution in [3.63, 3.8) is 0 Å². The number of aliphatic carboxylic acids is 1. The van der Waals surface area contributed by atoms with Crippen molar-refractivity contribution < 1.29 is 29.0 Å². The number of rotatable bonds is 8. The van der Waals surface area contributed by atoms with E-state index in [2.05, 4.69) is 24.0 Å². The molecule has 0 fully saturated rings. The van der Waals surface area contributed by atoms with Crippen LogP contribution in [0.1, 0.15) is 23.1 Å². The molecule has 2 aromatic rings. The van der Waals surface area contributed by atoms with Crippen molar-refractivity contribution in [2.75, 3.05) is 6.61 Å². The van der Waals surface area contributed by atoms with Crippen LogP contribution in [0, 0.1) is 0 Å². The number of amides is 1. The molecule has 0 saturated carbocycles. The first kappa shape index (κ1) is 20.1. The number of nitrogens with one attached hydrogen (secondary N) is 1. The van der Waals surface area contributed by atoms with Crippen LogP contribution < -0.4 is 5.32 Å². The first-order chi connectivity index (χ1) is 14.0. The summed E-state index contributed by atoms with van der Waals surface area (Å²) in [5.41, 5.74) is 5.44. The largest absolute Gasteiger partial charge is 0.481 e. The molecule has 1 aliphatic carbocycles. The standard InChI is InChI=1S/C22H21NO6/c1-2-10-28-21(26)19(12-20(24)25)23-22(27)29-13-15-7-5-9-17-16-8-4-3-6-14(16)11-18(15)17/h2-9,19H,1,10-13H2,(H,23,27)(H,24,25). The van der Waals surface area contributed by atoms with Crippen molar-refractivity contribution in [1.29, 1.82) is 0 Å². The fourth-order valence-corrected chi connectivity index (χ4v) is 3.30. The zero-order valence-electron chi connectivity index (χ0n) is 15.7. The number of carbonyl (C=O) groups is 3. The predicted octanol–water partition coefficient (Wildman–Crippen LogP) is 3.06. The van der Waals surface area contributed by atoms with Crippen LogP contribution in [-0.4, -0.2) is 35.8 Å². The topological polar surface area (TPSA) is 102 Å². The minimum atomic E-state index is -1.34. The van der Waals surface area contributed by atoms with Gasteiger partial charge in [0.1, 0.15) is 19.3 Å². The van der Waals surface area contributed by atoms with Crippen LogP contribution in [0.4, 0.5) is 4.79 Å². The molecule has 0 aliphatic heterocycles. The summed E-state index contributed by atoms with van der Waals surface area (Å²) in [6.07, 6.45) is 0.602. The van der Waals surface area contributed by atoms with Crippen LogP contribution in [0.5, 0.6) is 0 Å². The molecular weight excluding hydrogens is 374 g/mol. The monoisotopic (exact) mass is 395 g/mol. The number of carboxylic acid groups (broad SMARTS) is 1. The van der Waals surface area contributed by atoms with Crippen molar-refractivity contribution in [3.8, 4) is 11.1 Å². The average Bonchev–Trinajstić information content (AvgIpc) is 3.09. The Kier molecular flexibility index (Phi) is 6.29. The third-order valence-electron chi connectivity index (χ3n) is 4.61. The lowest BCUT2D eigenvalue weighted by Crippen LogP contribution is -2.43. The average molecular weight is 395 g/mol. The van der Waals surface area contributed by atoms with Gasteiger partial charge in [0.05, 0.1) is 6.42 Å². The highest BCUT2D eigenvalue weighted by Crippen LogP contribution is 2.38. The molecule has 1 atom stereocenters. The number of fused-ring (bicyclic) bond motifs is 3. The summed E-state index contributed by atoms with van der Waals surface area (Å²) >= 11 is 0. The van der Waals surface area contributed by atoms with E-state index in [9.17, 15) is 14.4 Å². The van der Waals surface area contributed by atoms with E-state index < -0.39 is 30.5 Å². The van der Waals surface area contributed by atoms with E-state index >= 15 is 0 Å². The van der Waals surface area contributed by atoms with Crippen LogP contribution in [0.2, 0.25) is 0 Å². The van der Waals surface area contributed by atoms with E-state index in [0.717, 1.165) is 23.1 Å². The molecule has 0 radical (unpaired) electrons. The maximum atomic E-state index is 12.2. The van der Waals surface area contributed by atoms with Gasteiger partial charge in [0, 0.05) is 0 Å². The molecule has 2 aromatic carbocycles. The lowest BCUT2D eigenvalue weighted by atomic mass is 10.0. The van der Waals surface area contributed by atoms with Gasteiger partial charge in [-0.25, -0.2) is 9.59 Å². The summed E-state index contributed by atoms with van der Waals surface area (Å²) in [7, 11) is 0. The van der Waals surface area contributed by atoms with Crippen LogP contribution in [0.15, 0.2) is 55.1 Å². The number of hydrogen-bond donors (Lipinski definition) is 2. The second-order valence-electron chi connectivity index (χ2n) is 6.57. The van der Waals surface area contributed by atoms with E-state index in [1.807, 2.05) is 30.3 Å². The van der Waals surface area contributed by atoms with Gasteiger partial charge in [-0.2, -0.15) is 0 Å². The van der Waals surface area contributed by atoms with Crippen molar-refractivity contribution >= 4 is 18.0 Å². The Hall–Kier alpha value is -3.61. The normalized spacial score (nSPS) is 12.3.